The van der Waals surface area contributed by atoms with Crippen LogP contribution in [0.4, 0.5) is 0 Å². The van der Waals surface area contributed by atoms with Crippen LogP contribution in [0.5, 0.6) is 5.75 Å². The topological polar surface area (TPSA) is 88.5 Å². The van der Waals surface area contributed by atoms with E-state index in [0.717, 1.165) is 29.2 Å². The summed E-state index contributed by atoms with van der Waals surface area (Å²) in [5.74, 6) is -0.156. The Labute approximate surface area is 144 Å². The molecule has 0 bridgehead atoms. The van der Waals surface area contributed by atoms with Crippen molar-refractivity contribution >= 4 is 23.2 Å². The quantitative estimate of drug-likeness (QED) is 0.679. The molecule has 0 aliphatic rings. The maximum absolute atomic E-state index is 12.1. The first kappa shape index (κ1) is 17.9. The van der Waals surface area contributed by atoms with Crippen molar-refractivity contribution in [2.75, 3.05) is 13.7 Å². The Morgan fingerprint density at radius 1 is 1.21 bits per heavy atom. The van der Waals surface area contributed by atoms with Crippen molar-refractivity contribution in [2.45, 2.75) is 25.7 Å². The number of aromatic nitrogens is 1. The molecule has 1 aromatic carbocycles. The molecule has 6 nitrogen and oxygen atoms in total. The molecular formula is C17H20N2O4S. The standard InChI is InChI=1S/C17H20N2O4S/c1-23-13-8-6-12(7-9-13)17-19-11-14(24-17)16(22)18-10-4-2-3-5-15(20)21/h6-9,11H,2-5,10H2,1H3,(H,18,22)(H,20,21). The number of carbonyl (C=O) groups excluding carboxylic acids is 1. The fraction of sp³-hybridized carbons (Fsp3) is 0.353. The zero-order valence-corrected chi connectivity index (χ0v) is 14.3. The Kier molecular flexibility index (Phi) is 6.74. The molecule has 0 saturated heterocycles. The average molecular weight is 348 g/mol. The number of carboxylic acid groups (broad SMARTS) is 1. The molecule has 0 aliphatic carbocycles. The van der Waals surface area contributed by atoms with E-state index in [1.807, 2.05) is 24.3 Å². The van der Waals surface area contributed by atoms with Gasteiger partial charge < -0.3 is 15.2 Å². The number of nitrogens with zero attached hydrogens (tertiary/aromatic N) is 1. The maximum atomic E-state index is 12.1. The van der Waals surface area contributed by atoms with Crippen LogP contribution in [-0.2, 0) is 4.79 Å². The van der Waals surface area contributed by atoms with Crippen molar-refractivity contribution in [3.63, 3.8) is 0 Å². The van der Waals surface area contributed by atoms with Crippen LogP contribution in [0.1, 0.15) is 35.4 Å². The molecule has 2 aromatic rings. The second-order valence-electron chi connectivity index (χ2n) is 5.22. The van der Waals surface area contributed by atoms with Crippen molar-refractivity contribution in [1.82, 2.24) is 10.3 Å². The van der Waals surface area contributed by atoms with Crippen LogP contribution in [0, 0.1) is 0 Å². The minimum atomic E-state index is -0.783. The summed E-state index contributed by atoms with van der Waals surface area (Å²) >= 11 is 1.34. The molecule has 0 atom stereocenters. The summed E-state index contributed by atoms with van der Waals surface area (Å²) in [7, 11) is 1.61. The van der Waals surface area contributed by atoms with Crippen LogP contribution in [0.3, 0.4) is 0 Å². The molecule has 0 fully saturated rings. The van der Waals surface area contributed by atoms with Crippen LogP contribution in [0.2, 0.25) is 0 Å². The van der Waals surface area contributed by atoms with Crippen LogP contribution < -0.4 is 10.1 Å². The van der Waals surface area contributed by atoms with Crippen molar-refractivity contribution in [3.8, 4) is 16.3 Å². The predicted octanol–water partition coefficient (Wildman–Crippen LogP) is 3.19. The number of benzene rings is 1. The molecule has 0 aliphatic heterocycles. The molecule has 2 N–H and O–H groups in total. The average Bonchev–Trinajstić information content (AvgIpc) is 3.07. The van der Waals surface area contributed by atoms with Gasteiger partial charge in [0.2, 0.25) is 0 Å². The molecule has 0 unspecified atom stereocenters. The van der Waals surface area contributed by atoms with Crippen LogP contribution in [-0.4, -0.2) is 35.6 Å². The summed E-state index contributed by atoms with van der Waals surface area (Å²) in [4.78, 5) is 27.3. The number of ether oxygens (including phenoxy) is 1. The zero-order chi connectivity index (χ0) is 17.4. The SMILES string of the molecule is COc1ccc(-c2ncc(C(=O)NCCCCCC(=O)O)s2)cc1. The number of aliphatic carboxylic acids is 1. The zero-order valence-electron chi connectivity index (χ0n) is 13.4. The molecule has 24 heavy (non-hydrogen) atoms. The monoisotopic (exact) mass is 348 g/mol. The summed E-state index contributed by atoms with van der Waals surface area (Å²) in [5.41, 5.74) is 0.938. The van der Waals surface area contributed by atoms with Gasteiger partial charge in [0.1, 0.15) is 15.6 Å². The summed E-state index contributed by atoms with van der Waals surface area (Å²) in [5, 5.41) is 12.2. The smallest absolute Gasteiger partial charge is 0.303 e. The third kappa shape index (κ3) is 5.34. The molecule has 128 valence electrons. The number of carbonyl (C=O) groups is 2. The van der Waals surface area contributed by atoms with E-state index < -0.39 is 5.97 Å². The van der Waals surface area contributed by atoms with E-state index in [4.69, 9.17) is 9.84 Å². The van der Waals surface area contributed by atoms with Crippen molar-refractivity contribution < 1.29 is 19.4 Å². The number of hydrogen-bond donors (Lipinski definition) is 2. The summed E-state index contributed by atoms with van der Waals surface area (Å²) in [6.45, 7) is 0.536. The van der Waals surface area contributed by atoms with Crippen molar-refractivity contribution in [3.05, 3.63) is 35.3 Å². The van der Waals surface area contributed by atoms with E-state index in [2.05, 4.69) is 10.3 Å². The lowest BCUT2D eigenvalue weighted by Gasteiger charge is -2.02. The Bertz CT molecular complexity index is 682. The van der Waals surface area contributed by atoms with Gasteiger partial charge in [0.25, 0.3) is 5.91 Å². The number of nitrogens with one attached hydrogen (secondary N) is 1. The maximum Gasteiger partial charge on any atom is 0.303 e. The first-order chi connectivity index (χ1) is 11.6. The molecule has 1 amide bonds. The van der Waals surface area contributed by atoms with Gasteiger partial charge in [-0.1, -0.05) is 6.42 Å². The van der Waals surface area contributed by atoms with Crippen LogP contribution in [0.15, 0.2) is 30.5 Å². The highest BCUT2D eigenvalue weighted by atomic mass is 32.1. The van der Waals surface area contributed by atoms with Gasteiger partial charge in [-0.2, -0.15) is 0 Å². The summed E-state index contributed by atoms with van der Waals surface area (Å²) in [6.07, 6.45) is 3.93. The summed E-state index contributed by atoms with van der Waals surface area (Å²) in [6, 6.07) is 7.52. The number of carboxylic acids is 1. The van der Waals surface area contributed by atoms with Gasteiger partial charge in [0.05, 0.1) is 13.3 Å². The first-order valence-electron chi connectivity index (χ1n) is 7.70. The molecule has 1 aromatic heterocycles. The van der Waals surface area contributed by atoms with E-state index in [1.165, 1.54) is 11.3 Å². The highest BCUT2D eigenvalue weighted by molar-refractivity contribution is 7.16. The fourth-order valence-electron chi connectivity index (χ4n) is 2.11. The Balaban J connectivity index is 1.81. The number of thiazole rings is 1. The van der Waals surface area contributed by atoms with Crippen molar-refractivity contribution in [2.24, 2.45) is 0 Å². The van der Waals surface area contributed by atoms with Crippen LogP contribution >= 0.6 is 11.3 Å². The third-order valence-electron chi connectivity index (χ3n) is 3.42. The molecule has 7 heteroatoms. The fourth-order valence-corrected chi connectivity index (χ4v) is 2.95. The van der Waals surface area contributed by atoms with Gasteiger partial charge in [-0.05, 0) is 37.1 Å². The second kappa shape index (κ2) is 9.02. The van der Waals surface area contributed by atoms with Gasteiger partial charge in [0, 0.05) is 18.5 Å². The number of methoxy groups -OCH3 is 1. The third-order valence-corrected chi connectivity index (χ3v) is 4.46. The normalized spacial score (nSPS) is 10.4. The lowest BCUT2D eigenvalue weighted by molar-refractivity contribution is -0.137. The highest BCUT2D eigenvalue weighted by Crippen LogP contribution is 2.26. The Hall–Kier alpha value is -2.41. The minimum Gasteiger partial charge on any atom is -0.497 e. The van der Waals surface area contributed by atoms with E-state index in [0.29, 0.717) is 17.8 Å². The van der Waals surface area contributed by atoms with E-state index in [-0.39, 0.29) is 12.3 Å². The molecular weight excluding hydrogens is 328 g/mol. The first-order valence-corrected chi connectivity index (χ1v) is 8.52. The molecule has 0 radical (unpaired) electrons. The van der Waals surface area contributed by atoms with E-state index in [9.17, 15) is 9.59 Å². The van der Waals surface area contributed by atoms with Crippen LogP contribution in [0.25, 0.3) is 10.6 Å². The number of amides is 1. The number of unbranched alkanes of at least 4 members (excludes halogenated alkanes) is 2. The van der Waals surface area contributed by atoms with Gasteiger partial charge in [-0.25, -0.2) is 4.98 Å². The van der Waals surface area contributed by atoms with Crippen molar-refractivity contribution in [1.29, 1.82) is 0 Å². The second-order valence-corrected chi connectivity index (χ2v) is 6.25. The van der Waals surface area contributed by atoms with E-state index >= 15 is 0 Å². The number of hydrogen-bond acceptors (Lipinski definition) is 5. The molecule has 1 heterocycles. The van der Waals surface area contributed by atoms with E-state index in [1.54, 1.807) is 13.3 Å². The minimum absolute atomic E-state index is 0.148. The van der Waals surface area contributed by atoms with Gasteiger partial charge >= 0.3 is 5.97 Å². The summed E-state index contributed by atoms with van der Waals surface area (Å²) < 4.78 is 5.12. The lowest BCUT2D eigenvalue weighted by Crippen LogP contribution is -2.23. The van der Waals surface area contributed by atoms with Gasteiger partial charge in [0.15, 0.2) is 0 Å². The lowest BCUT2D eigenvalue weighted by atomic mass is 10.2. The molecule has 0 saturated carbocycles. The Morgan fingerprint density at radius 3 is 2.62 bits per heavy atom. The Morgan fingerprint density at radius 2 is 1.96 bits per heavy atom. The molecule has 2 rings (SSSR count). The van der Waals surface area contributed by atoms with Gasteiger partial charge in [-0.3, -0.25) is 9.59 Å². The predicted molar refractivity (Wildman–Crippen MR) is 92.5 cm³/mol. The largest absolute Gasteiger partial charge is 0.497 e. The number of rotatable bonds is 9. The van der Waals surface area contributed by atoms with Gasteiger partial charge in [-0.15, -0.1) is 11.3 Å². The highest BCUT2D eigenvalue weighted by Gasteiger charge is 2.11. The molecule has 0 spiro atoms.